The zero-order valence-electron chi connectivity index (χ0n) is 17.3. The molecule has 6 heteroatoms. The number of amides is 1. The topological polar surface area (TPSA) is 54.5 Å². The van der Waals surface area contributed by atoms with E-state index in [4.69, 9.17) is 4.74 Å². The second-order valence-corrected chi connectivity index (χ2v) is 7.71. The highest BCUT2D eigenvalue weighted by Gasteiger charge is 2.25. The molecule has 5 nitrogen and oxygen atoms in total. The van der Waals surface area contributed by atoms with E-state index >= 15 is 0 Å². The van der Waals surface area contributed by atoms with Crippen LogP contribution in [-0.4, -0.2) is 30.6 Å². The van der Waals surface area contributed by atoms with Crippen LogP contribution in [0.25, 0.3) is 0 Å². The van der Waals surface area contributed by atoms with Gasteiger partial charge in [-0.1, -0.05) is 18.2 Å². The van der Waals surface area contributed by atoms with Crippen molar-refractivity contribution in [3.05, 3.63) is 84.4 Å². The molecule has 0 spiro atoms. The first-order chi connectivity index (χ1) is 15.2. The second-order valence-electron chi connectivity index (χ2n) is 7.71. The lowest BCUT2D eigenvalue weighted by Gasteiger charge is -2.32. The van der Waals surface area contributed by atoms with Crippen LogP contribution in [-0.2, 0) is 11.2 Å². The van der Waals surface area contributed by atoms with E-state index in [0.29, 0.717) is 18.8 Å². The van der Waals surface area contributed by atoms with Crippen LogP contribution >= 0.6 is 0 Å². The van der Waals surface area contributed by atoms with E-state index < -0.39 is 0 Å². The van der Waals surface area contributed by atoms with Crippen LogP contribution in [0.3, 0.4) is 0 Å². The highest BCUT2D eigenvalue weighted by atomic mass is 19.1. The normalized spacial score (nSPS) is 14.3. The summed E-state index contributed by atoms with van der Waals surface area (Å²) in [6.07, 6.45) is 5.84. The number of anilines is 2. The van der Waals surface area contributed by atoms with Crippen LogP contribution in [0.4, 0.5) is 15.8 Å². The predicted octanol–water partition coefficient (Wildman–Crippen LogP) is 4.70. The maximum absolute atomic E-state index is 13.3. The molecular formula is C25H26FN3O2. The Labute approximate surface area is 181 Å². The van der Waals surface area contributed by atoms with Gasteiger partial charge in [-0.25, -0.2) is 4.39 Å². The van der Waals surface area contributed by atoms with Gasteiger partial charge in [0.2, 0.25) is 5.91 Å². The van der Waals surface area contributed by atoms with Gasteiger partial charge in [-0.15, -0.1) is 0 Å². The monoisotopic (exact) mass is 419 g/mol. The number of nitrogens with one attached hydrogen (secondary N) is 1. The second kappa shape index (κ2) is 10.1. The molecule has 1 fully saturated rings. The standard InChI is InChI=1S/C25H26FN3O2/c26-21-4-1-3-19(17-21)11-16-31-24-6-2-5-22(18-24)28-25(30)20-9-14-29(15-10-20)23-7-12-27-13-8-23/h1-8,12-13,17-18,20H,9-11,14-16H2,(H,28,30). The smallest absolute Gasteiger partial charge is 0.227 e. The number of hydrogen-bond acceptors (Lipinski definition) is 4. The van der Waals surface area contributed by atoms with Crippen LogP contribution in [0.5, 0.6) is 5.75 Å². The van der Waals surface area contributed by atoms with Gasteiger partial charge in [-0.2, -0.15) is 0 Å². The maximum atomic E-state index is 13.3. The number of carbonyl (C=O) groups is 1. The van der Waals surface area contributed by atoms with Gasteiger partial charge in [0.15, 0.2) is 0 Å². The number of aromatic nitrogens is 1. The Morgan fingerprint density at radius 2 is 1.84 bits per heavy atom. The van der Waals surface area contributed by atoms with Crippen molar-refractivity contribution in [3.63, 3.8) is 0 Å². The molecule has 0 bridgehead atoms. The third-order valence-corrected chi connectivity index (χ3v) is 5.54. The van der Waals surface area contributed by atoms with E-state index in [-0.39, 0.29) is 17.6 Å². The quantitative estimate of drug-likeness (QED) is 0.603. The van der Waals surface area contributed by atoms with Crippen LogP contribution in [0.1, 0.15) is 18.4 Å². The number of halogens is 1. The lowest BCUT2D eigenvalue weighted by Crippen LogP contribution is -2.38. The molecule has 1 saturated heterocycles. The minimum absolute atomic E-state index is 0.00404. The largest absolute Gasteiger partial charge is 0.493 e. The molecule has 0 unspecified atom stereocenters. The molecule has 0 aliphatic carbocycles. The molecule has 2 aromatic carbocycles. The molecule has 1 aliphatic rings. The summed E-state index contributed by atoms with van der Waals surface area (Å²) in [5.41, 5.74) is 2.77. The summed E-state index contributed by atoms with van der Waals surface area (Å²) in [7, 11) is 0. The van der Waals surface area contributed by atoms with Crippen molar-refractivity contribution in [2.75, 3.05) is 29.9 Å². The van der Waals surface area contributed by atoms with Crippen LogP contribution in [0.2, 0.25) is 0 Å². The van der Waals surface area contributed by atoms with Crippen molar-refractivity contribution in [1.29, 1.82) is 0 Å². The van der Waals surface area contributed by atoms with Gasteiger partial charge in [0.25, 0.3) is 0 Å². The molecule has 1 aliphatic heterocycles. The zero-order chi connectivity index (χ0) is 21.5. The SMILES string of the molecule is O=C(Nc1cccc(OCCc2cccc(F)c2)c1)C1CCN(c2ccncc2)CC1. The highest BCUT2D eigenvalue weighted by molar-refractivity contribution is 5.92. The molecule has 1 amide bonds. The van der Waals surface area contributed by atoms with E-state index in [1.54, 1.807) is 18.5 Å². The van der Waals surface area contributed by atoms with Gasteiger partial charge in [0, 0.05) is 55.3 Å². The number of carbonyl (C=O) groups excluding carboxylic acids is 1. The van der Waals surface area contributed by atoms with Gasteiger partial charge >= 0.3 is 0 Å². The summed E-state index contributed by atoms with van der Waals surface area (Å²) in [6.45, 7) is 2.14. The number of benzene rings is 2. The van der Waals surface area contributed by atoms with Crippen molar-refractivity contribution < 1.29 is 13.9 Å². The summed E-state index contributed by atoms with van der Waals surface area (Å²) in [5, 5.41) is 3.03. The third-order valence-electron chi connectivity index (χ3n) is 5.54. The van der Waals surface area contributed by atoms with E-state index in [9.17, 15) is 9.18 Å². The van der Waals surface area contributed by atoms with Crippen molar-refractivity contribution in [1.82, 2.24) is 4.98 Å². The highest BCUT2D eigenvalue weighted by Crippen LogP contribution is 2.25. The number of pyridine rings is 1. The summed E-state index contributed by atoms with van der Waals surface area (Å²) in [6, 6.07) is 17.9. The van der Waals surface area contributed by atoms with Gasteiger partial charge in [0.1, 0.15) is 11.6 Å². The van der Waals surface area contributed by atoms with E-state index in [1.807, 2.05) is 42.5 Å². The molecule has 31 heavy (non-hydrogen) atoms. The molecule has 2 heterocycles. The molecule has 1 aromatic heterocycles. The van der Waals surface area contributed by atoms with E-state index in [0.717, 1.165) is 42.9 Å². The molecule has 1 N–H and O–H groups in total. The molecule has 0 radical (unpaired) electrons. The lowest BCUT2D eigenvalue weighted by molar-refractivity contribution is -0.120. The summed E-state index contributed by atoms with van der Waals surface area (Å²) < 4.78 is 19.1. The molecule has 0 atom stereocenters. The number of hydrogen-bond donors (Lipinski definition) is 1. The van der Waals surface area contributed by atoms with Gasteiger partial charge < -0.3 is 15.0 Å². The van der Waals surface area contributed by atoms with Crippen LogP contribution in [0.15, 0.2) is 73.1 Å². The molecular weight excluding hydrogens is 393 g/mol. The summed E-state index contributed by atoms with van der Waals surface area (Å²) in [4.78, 5) is 19.1. The number of ether oxygens (including phenoxy) is 1. The van der Waals surface area contributed by atoms with Crippen LogP contribution < -0.4 is 15.0 Å². The Bertz CT molecular complexity index is 1000. The fraction of sp³-hybridized carbons (Fsp3) is 0.280. The van der Waals surface area contributed by atoms with Crippen molar-refractivity contribution in [2.45, 2.75) is 19.3 Å². The molecule has 160 valence electrons. The minimum Gasteiger partial charge on any atom is -0.493 e. The van der Waals surface area contributed by atoms with Gasteiger partial charge in [-0.3, -0.25) is 9.78 Å². The molecule has 4 rings (SSSR count). The first-order valence-electron chi connectivity index (χ1n) is 10.6. The Hall–Kier alpha value is -3.41. The molecule has 3 aromatic rings. The van der Waals surface area contributed by atoms with Gasteiger partial charge in [0.05, 0.1) is 6.61 Å². The van der Waals surface area contributed by atoms with Crippen molar-refractivity contribution in [3.8, 4) is 5.75 Å². The Morgan fingerprint density at radius 3 is 2.61 bits per heavy atom. The first-order valence-corrected chi connectivity index (χ1v) is 10.6. The van der Waals surface area contributed by atoms with Crippen molar-refractivity contribution >= 4 is 17.3 Å². The number of piperidine rings is 1. The average Bonchev–Trinajstić information content (AvgIpc) is 2.80. The Morgan fingerprint density at radius 1 is 1.06 bits per heavy atom. The Balaban J connectivity index is 1.26. The average molecular weight is 420 g/mol. The van der Waals surface area contributed by atoms with Crippen molar-refractivity contribution in [2.24, 2.45) is 5.92 Å². The molecule has 0 saturated carbocycles. The van der Waals surface area contributed by atoms with Gasteiger partial charge in [-0.05, 0) is 54.8 Å². The summed E-state index contributed by atoms with van der Waals surface area (Å²) in [5.74, 6) is 0.484. The maximum Gasteiger partial charge on any atom is 0.227 e. The zero-order valence-corrected chi connectivity index (χ0v) is 17.3. The van der Waals surface area contributed by atoms with Crippen LogP contribution in [0, 0.1) is 11.7 Å². The van der Waals surface area contributed by atoms with E-state index in [1.165, 1.54) is 12.1 Å². The third kappa shape index (κ3) is 5.81. The predicted molar refractivity (Wildman–Crippen MR) is 120 cm³/mol. The number of nitrogens with zero attached hydrogens (tertiary/aromatic N) is 2. The minimum atomic E-state index is -0.242. The first kappa shape index (κ1) is 20.8. The number of rotatable bonds is 7. The fourth-order valence-corrected chi connectivity index (χ4v) is 3.84. The summed E-state index contributed by atoms with van der Waals surface area (Å²) >= 11 is 0. The lowest BCUT2D eigenvalue weighted by atomic mass is 9.95. The fourth-order valence-electron chi connectivity index (χ4n) is 3.84. The Kier molecular flexibility index (Phi) is 6.77. The van der Waals surface area contributed by atoms with E-state index in [2.05, 4.69) is 15.2 Å².